The van der Waals surface area contributed by atoms with E-state index >= 15 is 0 Å². The summed E-state index contributed by atoms with van der Waals surface area (Å²) in [6, 6.07) is 8.49. The zero-order chi connectivity index (χ0) is 17.9. The van der Waals surface area contributed by atoms with Gasteiger partial charge in [-0.05, 0) is 36.8 Å². The van der Waals surface area contributed by atoms with Crippen LogP contribution in [0.5, 0.6) is 0 Å². The van der Waals surface area contributed by atoms with Crippen molar-refractivity contribution in [3.63, 3.8) is 0 Å². The summed E-state index contributed by atoms with van der Waals surface area (Å²) >= 11 is 0. The van der Waals surface area contributed by atoms with E-state index in [9.17, 15) is 27.5 Å². The van der Waals surface area contributed by atoms with Gasteiger partial charge in [-0.1, -0.05) is 24.3 Å². The monoisotopic (exact) mass is 341 g/mol. The first-order chi connectivity index (χ1) is 11.2. The van der Waals surface area contributed by atoms with E-state index in [1.165, 1.54) is 31.2 Å². The summed E-state index contributed by atoms with van der Waals surface area (Å²) in [5, 5.41) is 12.5. The molecule has 2 aromatic rings. The molecule has 0 saturated heterocycles. The highest BCUT2D eigenvalue weighted by Crippen LogP contribution is 2.32. The van der Waals surface area contributed by atoms with Crippen molar-refractivity contribution in [1.82, 2.24) is 5.32 Å². The predicted molar refractivity (Wildman–Crippen MR) is 79.7 cm³/mol. The number of carbonyl (C=O) groups excluding carboxylic acids is 1. The number of carbonyl (C=O) groups is 1. The minimum Gasteiger partial charge on any atom is -0.386 e. The number of nitrogens with one attached hydrogen (secondary N) is 1. The van der Waals surface area contributed by atoms with E-state index in [1.807, 2.05) is 0 Å². The predicted octanol–water partition coefficient (Wildman–Crippen LogP) is 3.70. The van der Waals surface area contributed by atoms with E-state index in [2.05, 4.69) is 5.32 Å². The maximum absolute atomic E-state index is 12.9. The number of rotatable bonds is 4. The van der Waals surface area contributed by atoms with Crippen molar-refractivity contribution in [3.8, 4) is 0 Å². The van der Waals surface area contributed by atoms with Crippen LogP contribution in [0.1, 0.15) is 34.5 Å². The fourth-order valence-corrected chi connectivity index (χ4v) is 2.24. The van der Waals surface area contributed by atoms with Crippen LogP contribution in [0.15, 0.2) is 48.5 Å². The van der Waals surface area contributed by atoms with E-state index < -0.39 is 41.2 Å². The standard InChI is InChI=1S/C17H15F4NO2/c1-10(15(23)11-6-8-12(18)9-7-11)22-16(24)13-4-2-3-5-14(13)17(19,20)21/h2-10,15,23H,1H3,(H,22,24). The van der Waals surface area contributed by atoms with Crippen molar-refractivity contribution in [2.45, 2.75) is 25.2 Å². The average molecular weight is 341 g/mol. The Balaban J connectivity index is 2.16. The summed E-state index contributed by atoms with van der Waals surface area (Å²) in [6.07, 6.45) is -5.85. The normalized spacial score (nSPS) is 14.1. The SMILES string of the molecule is CC(NC(=O)c1ccccc1C(F)(F)F)C(O)c1ccc(F)cc1. The molecule has 0 aliphatic carbocycles. The van der Waals surface area contributed by atoms with Gasteiger partial charge in [0.05, 0.1) is 23.3 Å². The van der Waals surface area contributed by atoms with Crippen molar-refractivity contribution in [1.29, 1.82) is 0 Å². The topological polar surface area (TPSA) is 49.3 Å². The molecule has 24 heavy (non-hydrogen) atoms. The molecule has 0 aliphatic rings. The number of alkyl halides is 3. The van der Waals surface area contributed by atoms with Crippen LogP contribution in [0.2, 0.25) is 0 Å². The Hall–Kier alpha value is -2.41. The number of aliphatic hydroxyl groups excluding tert-OH is 1. The first kappa shape index (κ1) is 17.9. The minimum absolute atomic E-state index is 0.341. The van der Waals surface area contributed by atoms with Crippen LogP contribution < -0.4 is 5.32 Å². The maximum atomic E-state index is 12.9. The van der Waals surface area contributed by atoms with Crippen LogP contribution in [0.25, 0.3) is 0 Å². The van der Waals surface area contributed by atoms with E-state index in [4.69, 9.17) is 0 Å². The first-order valence-corrected chi connectivity index (χ1v) is 7.11. The second kappa shape index (κ2) is 7.00. The molecule has 0 saturated carbocycles. The molecule has 2 rings (SSSR count). The van der Waals surface area contributed by atoms with Gasteiger partial charge in [0.25, 0.3) is 5.91 Å². The second-order valence-corrected chi connectivity index (χ2v) is 5.30. The van der Waals surface area contributed by atoms with E-state index in [1.54, 1.807) is 0 Å². The highest BCUT2D eigenvalue weighted by Gasteiger charge is 2.35. The summed E-state index contributed by atoms with van der Waals surface area (Å²) in [5.41, 5.74) is -1.23. The number of halogens is 4. The van der Waals surface area contributed by atoms with Crippen LogP contribution in [-0.2, 0) is 6.18 Å². The van der Waals surface area contributed by atoms with Gasteiger partial charge in [0, 0.05) is 0 Å². The number of amides is 1. The van der Waals surface area contributed by atoms with Crippen molar-refractivity contribution in [2.24, 2.45) is 0 Å². The molecule has 0 radical (unpaired) electrons. The van der Waals surface area contributed by atoms with Gasteiger partial charge in [0.15, 0.2) is 0 Å². The third kappa shape index (κ3) is 4.11. The van der Waals surface area contributed by atoms with Crippen molar-refractivity contribution in [2.75, 3.05) is 0 Å². The summed E-state index contributed by atoms with van der Waals surface area (Å²) in [7, 11) is 0. The summed E-state index contributed by atoms with van der Waals surface area (Å²) in [4.78, 5) is 12.1. The second-order valence-electron chi connectivity index (χ2n) is 5.30. The summed E-state index contributed by atoms with van der Waals surface area (Å²) in [5.74, 6) is -1.43. The van der Waals surface area contributed by atoms with Gasteiger partial charge in [0.2, 0.25) is 0 Å². The Kier molecular flexibility index (Phi) is 5.23. The molecule has 0 spiro atoms. The molecule has 0 fully saturated rings. The molecule has 7 heteroatoms. The lowest BCUT2D eigenvalue weighted by Crippen LogP contribution is -2.38. The van der Waals surface area contributed by atoms with Crippen LogP contribution in [0.4, 0.5) is 17.6 Å². The molecule has 0 aliphatic heterocycles. The van der Waals surface area contributed by atoms with Crippen LogP contribution in [0.3, 0.4) is 0 Å². The van der Waals surface area contributed by atoms with Crippen LogP contribution in [0, 0.1) is 5.82 Å². The largest absolute Gasteiger partial charge is 0.417 e. The van der Waals surface area contributed by atoms with E-state index in [0.717, 1.165) is 24.3 Å². The Bertz CT molecular complexity index is 713. The van der Waals surface area contributed by atoms with Gasteiger partial charge in [0.1, 0.15) is 5.82 Å². The molecule has 1 amide bonds. The quantitative estimate of drug-likeness (QED) is 0.833. The Labute approximate surface area is 135 Å². The highest BCUT2D eigenvalue weighted by atomic mass is 19.4. The van der Waals surface area contributed by atoms with Crippen LogP contribution in [-0.4, -0.2) is 17.1 Å². The zero-order valence-electron chi connectivity index (χ0n) is 12.6. The van der Waals surface area contributed by atoms with Gasteiger partial charge in [-0.15, -0.1) is 0 Å². The molecule has 2 N–H and O–H groups in total. The zero-order valence-corrected chi connectivity index (χ0v) is 12.6. The number of hydrogen-bond donors (Lipinski definition) is 2. The van der Waals surface area contributed by atoms with Gasteiger partial charge >= 0.3 is 6.18 Å². The van der Waals surface area contributed by atoms with Gasteiger partial charge in [-0.3, -0.25) is 4.79 Å². The molecule has 0 bridgehead atoms. The summed E-state index contributed by atoms with van der Waals surface area (Å²) in [6.45, 7) is 1.45. The number of hydrogen-bond acceptors (Lipinski definition) is 2. The molecule has 3 nitrogen and oxygen atoms in total. The Morgan fingerprint density at radius 3 is 2.25 bits per heavy atom. The van der Waals surface area contributed by atoms with Crippen molar-refractivity contribution < 1.29 is 27.5 Å². The first-order valence-electron chi connectivity index (χ1n) is 7.11. The number of aliphatic hydroxyl groups is 1. The van der Waals surface area contributed by atoms with E-state index in [0.29, 0.717) is 5.56 Å². The third-order valence-corrected chi connectivity index (χ3v) is 3.52. The maximum Gasteiger partial charge on any atom is 0.417 e. The average Bonchev–Trinajstić information content (AvgIpc) is 2.54. The minimum atomic E-state index is -4.66. The molecule has 2 atom stereocenters. The Morgan fingerprint density at radius 2 is 1.67 bits per heavy atom. The molecule has 2 unspecified atom stereocenters. The lowest BCUT2D eigenvalue weighted by Gasteiger charge is -2.21. The summed E-state index contributed by atoms with van der Waals surface area (Å²) < 4.78 is 51.7. The fraction of sp³-hybridized carbons (Fsp3) is 0.235. The highest BCUT2D eigenvalue weighted by molar-refractivity contribution is 5.96. The molecule has 2 aromatic carbocycles. The van der Waals surface area contributed by atoms with Crippen molar-refractivity contribution >= 4 is 5.91 Å². The van der Waals surface area contributed by atoms with Gasteiger partial charge in [-0.2, -0.15) is 13.2 Å². The lowest BCUT2D eigenvalue weighted by molar-refractivity contribution is -0.137. The molecule has 128 valence electrons. The Morgan fingerprint density at radius 1 is 1.08 bits per heavy atom. The molecular formula is C17H15F4NO2. The third-order valence-electron chi connectivity index (χ3n) is 3.52. The molecule has 0 aromatic heterocycles. The number of benzene rings is 2. The van der Waals surface area contributed by atoms with E-state index in [-0.39, 0.29) is 0 Å². The van der Waals surface area contributed by atoms with Crippen LogP contribution >= 0.6 is 0 Å². The van der Waals surface area contributed by atoms with Gasteiger partial charge in [-0.25, -0.2) is 4.39 Å². The molecule has 0 heterocycles. The molecular weight excluding hydrogens is 326 g/mol. The van der Waals surface area contributed by atoms with Gasteiger partial charge < -0.3 is 10.4 Å². The fourth-order valence-electron chi connectivity index (χ4n) is 2.24. The lowest BCUT2D eigenvalue weighted by atomic mass is 10.0. The van der Waals surface area contributed by atoms with Crippen molar-refractivity contribution in [3.05, 3.63) is 71.0 Å². The smallest absolute Gasteiger partial charge is 0.386 e.